The van der Waals surface area contributed by atoms with Gasteiger partial charge in [-0.2, -0.15) is 5.10 Å². The van der Waals surface area contributed by atoms with Gasteiger partial charge >= 0.3 is 0 Å². The fraction of sp³-hybridized carbons (Fsp3) is 0.286. The van der Waals surface area contributed by atoms with Gasteiger partial charge < -0.3 is 5.32 Å². The van der Waals surface area contributed by atoms with Crippen LogP contribution in [0.1, 0.15) is 35.8 Å². The first-order chi connectivity index (χ1) is 8.97. The van der Waals surface area contributed by atoms with E-state index >= 15 is 0 Å². The van der Waals surface area contributed by atoms with Gasteiger partial charge in [-0.1, -0.05) is 11.6 Å². The second-order valence-corrected chi connectivity index (χ2v) is 4.74. The highest BCUT2D eigenvalue weighted by Crippen LogP contribution is 2.14. The fourth-order valence-corrected chi connectivity index (χ4v) is 1.70. The number of rotatable bonds is 3. The van der Waals surface area contributed by atoms with E-state index in [1.807, 2.05) is 20.8 Å². The summed E-state index contributed by atoms with van der Waals surface area (Å²) < 4.78 is 15.3. The summed E-state index contributed by atoms with van der Waals surface area (Å²) in [4.78, 5) is 12.0. The van der Waals surface area contributed by atoms with E-state index in [9.17, 15) is 9.18 Å². The quantitative estimate of drug-likeness (QED) is 0.922. The number of carbonyl (C=O) groups excluding carboxylic acids is 1. The number of carbonyl (C=O) groups is 1. The molecule has 0 aliphatic heterocycles. The Hall–Kier alpha value is -2.17. The van der Waals surface area contributed by atoms with Gasteiger partial charge in [0.15, 0.2) is 0 Å². The molecule has 0 unspecified atom stereocenters. The van der Waals surface area contributed by atoms with Gasteiger partial charge in [-0.3, -0.25) is 9.48 Å². The molecule has 0 atom stereocenters. The number of nitrogens with one attached hydrogen (secondary N) is 1. The highest BCUT2D eigenvalue weighted by molar-refractivity contribution is 6.04. The van der Waals surface area contributed by atoms with E-state index in [2.05, 4.69) is 10.4 Å². The van der Waals surface area contributed by atoms with Crippen LogP contribution in [0.4, 0.5) is 10.1 Å². The molecule has 5 heteroatoms. The van der Waals surface area contributed by atoms with Crippen LogP contribution in [0.15, 0.2) is 30.6 Å². The molecule has 1 aromatic carbocycles. The van der Waals surface area contributed by atoms with Crippen LogP contribution in [0.2, 0.25) is 0 Å². The second kappa shape index (κ2) is 5.22. The van der Waals surface area contributed by atoms with Crippen molar-refractivity contribution in [3.05, 3.63) is 47.5 Å². The molecule has 1 aromatic heterocycles. The molecule has 100 valence electrons. The average molecular weight is 261 g/mol. The number of anilines is 1. The van der Waals surface area contributed by atoms with Crippen molar-refractivity contribution in [2.24, 2.45) is 0 Å². The molecule has 0 saturated heterocycles. The van der Waals surface area contributed by atoms with Crippen LogP contribution in [-0.2, 0) is 0 Å². The minimum atomic E-state index is -0.528. The van der Waals surface area contributed by atoms with Crippen LogP contribution in [-0.4, -0.2) is 15.7 Å². The summed E-state index contributed by atoms with van der Waals surface area (Å²) in [7, 11) is 0. The van der Waals surface area contributed by atoms with Gasteiger partial charge in [0.1, 0.15) is 5.82 Å². The Balaban J connectivity index is 2.18. The predicted octanol–water partition coefficient (Wildman–Crippen LogP) is 3.16. The van der Waals surface area contributed by atoms with E-state index in [-0.39, 0.29) is 11.6 Å². The molecule has 0 radical (unpaired) electrons. The third-order valence-corrected chi connectivity index (χ3v) is 2.75. The summed E-state index contributed by atoms with van der Waals surface area (Å²) in [5.41, 5.74) is 1.43. The fourth-order valence-electron chi connectivity index (χ4n) is 1.70. The zero-order valence-corrected chi connectivity index (χ0v) is 11.1. The van der Waals surface area contributed by atoms with E-state index in [1.165, 1.54) is 12.1 Å². The molecule has 0 fully saturated rings. The molecule has 1 heterocycles. The minimum absolute atomic E-state index is 0.0392. The smallest absolute Gasteiger partial charge is 0.258 e. The summed E-state index contributed by atoms with van der Waals surface area (Å²) in [6.45, 7) is 5.78. The number of nitrogens with zero attached hydrogens (tertiary/aromatic N) is 2. The SMILES string of the molecule is Cc1ccc(F)c(C(=O)Nc2cnn(C(C)C)c2)c1. The molecular formula is C14H16FN3O. The van der Waals surface area contributed by atoms with Gasteiger partial charge in [0.2, 0.25) is 0 Å². The van der Waals surface area contributed by atoms with Gasteiger partial charge in [-0.05, 0) is 32.9 Å². The third-order valence-electron chi connectivity index (χ3n) is 2.75. The summed E-state index contributed by atoms with van der Waals surface area (Å²) in [6.07, 6.45) is 3.27. The number of aromatic nitrogens is 2. The summed E-state index contributed by atoms with van der Waals surface area (Å²) >= 11 is 0. The van der Waals surface area contributed by atoms with E-state index in [0.717, 1.165) is 5.56 Å². The first-order valence-electron chi connectivity index (χ1n) is 6.09. The predicted molar refractivity (Wildman–Crippen MR) is 71.7 cm³/mol. The monoisotopic (exact) mass is 261 g/mol. The molecule has 1 amide bonds. The number of halogens is 1. The van der Waals surface area contributed by atoms with Crippen LogP contribution in [0, 0.1) is 12.7 Å². The maximum Gasteiger partial charge on any atom is 0.258 e. The Morgan fingerprint density at radius 2 is 2.16 bits per heavy atom. The first kappa shape index (κ1) is 13.3. The maximum atomic E-state index is 13.6. The number of benzene rings is 1. The lowest BCUT2D eigenvalue weighted by Crippen LogP contribution is -2.13. The number of hydrogen-bond acceptors (Lipinski definition) is 2. The van der Waals surface area contributed by atoms with Crippen molar-refractivity contribution < 1.29 is 9.18 Å². The maximum absolute atomic E-state index is 13.6. The highest BCUT2D eigenvalue weighted by Gasteiger charge is 2.13. The first-order valence-corrected chi connectivity index (χ1v) is 6.09. The molecule has 19 heavy (non-hydrogen) atoms. The lowest BCUT2D eigenvalue weighted by Gasteiger charge is -2.05. The number of hydrogen-bond donors (Lipinski definition) is 1. The summed E-state index contributed by atoms with van der Waals surface area (Å²) in [6, 6.07) is 4.66. The Morgan fingerprint density at radius 3 is 2.79 bits per heavy atom. The van der Waals surface area contributed by atoms with Crippen molar-refractivity contribution in [1.29, 1.82) is 0 Å². The van der Waals surface area contributed by atoms with Crippen LogP contribution < -0.4 is 5.32 Å². The van der Waals surface area contributed by atoms with Gasteiger partial charge in [0.25, 0.3) is 5.91 Å². The van der Waals surface area contributed by atoms with E-state index in [1.54, 1.807) is 23.1 Å². The van der Waals surface area contributed by atoms with Crippen molar-refractivity contribution in [1.82, 2.24) is 9.78 Å². The lowest BCUT2D eigenvalue weighted by molar-refractivity contribution is 0.102. The van der Waals surface area contributed by atoms with Crippen molar-refractivity contribution in [2.75, 3.05) is 5.32 Å². The van der Waals surface area contributed by atoms with Crippen LogP contribution in [0.5, 0.6) is 0 Å². The highest BCUT2D eigenvalue weighted by atomic mass is 19.1. The molecule has 0 bridgehead atoms. The molecule has 2 rings (SSSR count). The van der Waals surface area contributed by atoms with Gasteiger partial charge in [-0.25, -0.2) is 4.39 Å². The van der Waals surface area contributed by atoms with Crippen molar-refractivity contribution in [2.45, 2.75) is 26.8 Å². The largest absolute Gasteiger partial charge is 0.319 e. The zero-order valence-electron chi connectivity index (χ0n) is 11.1. The molecule has 0 saturated carbocycles. The van der Waals surface area contributed by atoms with E-state index in [0.29, 0.717) is 5.69 Å². The lowest BCUT2D eigenvalue weighted by atomic mass is 10.1. The van der Waals surface area contributed by atoms with Gasteiger partial charge in [0.05, 0.1) is 17.4 Å². The normalized spacial score (nSPS) is 10.8. The molecular weight excluding hydrogens is 245 g/mol. The van der Waals surface area contributed by atoms with E-state index < -0.39 is 11.7 Å². The van der Waals surface area contributed by atoms with Crippen molar-refractivity contribution in [3.63, 3.8) is 0 Å². The van der Waals surface area contributed by atoms with Crippen LogP contribution in [0.25, 0.3) is 0 Å². The van der Waals surface area contributed by atoms with Crippen molar-refractivity contribution in [3.8, 4) is 0 Å². The molecule has 2 aromatic rings. The Kier molecular flexibility index (Phi) is 3.64. The van der Waals surface area contributed by atoms with Gasteiger partial charge in [0, 0.05) is 12.2 Å². The molecule has 1 N–H and O–H groups in total. The Labute approximate surface area is 111 Å². The van der Waals surface area contributed by atoms with Crippen molar-refractivity contribution >= 4 is 11.6 Å². The molecule has 0 aliphatic carbocycles. The van der Waals surface area contributed by atoms with Crippen LogP contribution >= 0.6 is 0 Å². The number of amides is 1. The molecule has 0 spiro atoms. The van der Waals surface area contributed by atoms with Gasteiger partial charge in [-0.15, -0.1) is 0 Å². The molecule has 4 nitrogen and oxygen atoms in total. The standard InChI is InChI=1S/C14H16FN3O/c1-9(2)18-8-11(7-16-18)17-14(19)12-6-10(3)4-5-13(12)15/h4-9H,1-3H3,(H,17,19). The summed E-state index contributed by atoms with van der Waals surface area (Å²) in [5, 5.41) is 6.75. The summed E-state index contributed by atoms with van der Waals surface area (Å²) in [5.74, 6) is -0.996. The zero-order chi connectivity index (χ0) is 14.0. The third kappa shape index (κ3) is 2.99. The molecule has 0 aliphatic rings. The number of aryl methyl sites for hydroxylation is 1. The Morgan fingerprint density at radius 1 is 1.42 bits per heavy atom. The topological polar surface area (TPSA) is 46.9 Å². The second-order valence-electron chi connectivity index (χ2n) is 4.74. The average Bonchev–Trinajstić information content (AvgIpc) is 2.80. The van der Waals surface area contributed by atoms with Crippen LogP contribution in [0.3, 0.4) is 0 Å². The minimum Gasteiger partial charge on any atom is -0.319 e. The Bertz CT molecular complexity index is 604. The van der Waals surface area contributed by atoms with E-state index in [4.69, 9.17) is 0 Å².